The molecule has 152 valence electrons. The number of fused-ring (bicyclic) bond motifs is 1. The zero-order valence-electron chi connectivity index (χ0n) is 15.0. The predicted molar refractivity (Wildman–Crippen MR) is 118 cm³/mol. The molecule has 0 aliphatic rings. The molecule has 0 unspecified atom stereocenters. The lowest BCUT2D eigenvalue weighted by atomic mass is 10.2. The summed E-state index contributed by atoms with van der Waals surface area (Å²) in [4.78, 5) is 11.5. The first-order valence-corrected chi connectivity index (χ1v) is 12.6. The number of ether oxygens (including phenoxy) is 1. The minimum atomic E-state index is -4.43. The smallest absolute Gasteiger partial charge is 0.355 e. The summed E-state index contributed by atoms with van der Waals surface area (Å²) in [6.07, 6.45) is 1.27. The van der Waals surface area contributed by atoms with Crippen molar-refractivity contribution in [2.75, 3.05) is 12.2 Å². The minimum Gasteiger partial charge on any atom is -0.497 e. The van der Waals surface area contributed by atoms with Crippen molar-refractivity contribution in [3.8, 4) is 5.75 Å². The van der Waals surface area contributed by atoms with Gasteiger partial charge in [0.05, 0.1) is 7.11 Å². The van der Waals surface area contributed by atoms with E-state index in [0.29, 0.717) is 16.7 Å². The molecule has 1 heterocycles. The van der Waals surface area contributed by atoms with E-state index in [9.17, 15) is 21.6 Å². The Labute approximate surface area is 181 Å². The highest BCUT2D eigenvalue weighted by molar-refractivity contribution is 14.1. The Morgan fingerprint density at radius 1 is 1.03 bits per heavy atom. The van der Waals surface area contributed by atoms with Crippen molar-refractivity contribution >= 4 is 59.3 Å². The lowest BCUT2D eigenvalue weighted by molar-refractivity contribution is 0.415. The molecule has 7 nitrogen and oxygen atoms in total. The number of methoxy groups -OCH3 is 1. The van der Waals surface area contributed by atoms with Crippen LogP contribution in [0.15, 0.2) is 68.0 Å². The molecule has 0 radical (unpaired) electrons. The van der Waals surface area contributed by atoms with Crippen LogP contribution >= 0.6 is 22.6 Å². The Bertz CT molecular complexity index is 1350. The summed E-state index contributed by atoms with van der Waals surface area (Å²) in [7, 11) is -7.09. The maximum Gasteiger partial charge on any atom is 0.355 e. The lowest BCUT2D eigenvalue weighted by Gasteiger charge is -2.04. The van der Waals surface area contributed by atoms with E-state index in [1.54, 1.807) is 42.5 Å². The van der Waals surface area contributed by atoms with E-state index in [-0.39, 0.29) is 5.58 Å². The molecule has 0 aliphatic heterocycles. The molecule has 10 heteroatoms. The number of benzene rings is 2. The van der Waals surface area contributed by atoms with Gasteiger partial charge in [-0.2, -0.15) is 0 Å². The van der Waals surface area contributed by atoms with Gasteiger partial charge in [0.15, 0.2) is 29.7 Å². The number of sulfone groups is 2. The van der Waals surface area contributed by atoms with Crippen LogP contribution in [-0.4, -0.2) is 29.0 Å². The van der Waals surface area contributed by atoms with Crippen molar-refractivity contribution in [2.24, 2.45) is 0 Å². The van der Waals surface area contributed by atoms with E-state index in [1.807, 2.05) is 22.6 Å². The average Bonchev–Trinajstić information content (AvgIpc) is 2.65. The Kier molecular flexibility index (Phi) is 6.15. The van der Waals surface area contributed by atoms with Gasteiger partial charge in [-0.3, -0.25) is 0 Å². The van der Waals surface area contributed by atoms with Gasteiger partial charge in [-0.25, -0.2) is 21.6 Å². The van der Waals surface area contributed by atoms with Crippen LogP contribution in [0, 0.1) is 3.57 Å². The maximum absolute atomic E-state index is 12.6. The molecule has 3 aromatic rings. The van der Waals surface area contributed by atoms with E-state index < -0.39 is 35.3 Å². The van der Waals surface area contributed by atoms with Crippen LogP contribution in [0.5, 0.6) is 5.75 Å². The van der Waals surface area contributed by atoms with Crippen LogP contribution in [0.4, 0.5) is 0 Å². The highest BCUT2D eigenvalue weighted by Crippen LogP contribution is 2.20. The Hall–Kier alpha value is -2.18. The number of halogens is 1. The first-order valence-electron chi connectivity index (χ1n) is 8.11. The summed E-state index contributed by atoms with van der Waals surface area (Å²) in [5, 5.41) is -0.0558. The molecule has 0 fully saturated rings. The second kappa shape index (κ2) is 8.28. The Balaban J connectivity index is 1.90. The fourth-order valence-corrected chi connectivity index (χ4v) is 6.48. The van der Waals surface area contributed by atoms with Gasteiger partial charge in [0.2, 0.25) is 0 Å². The van der Waals surface area contributed by atoms with Gasteiger partial charge < -0.3 is 9.15 Å². The average molecular weight is 546 g/mol. The summed E-state index contributed by atoms with van der Waals surface area (Å²) in [5.41, 5.74) is -0.330. The normalized spacial score (nSPS) is 12.5. The van der Waals surface area contributed by atoms with Crippen molar-refractivity contribution in [1.29, 1.82) is 0 Å². The highest BCUT2D eigenvalue weighted by Gasteiger charge is 2.26. The van der Waals surface area contributed by atoms with Crippen molar-refractivity contribution < 1.29 is 26.0 Å². The molecular weight excluding hydrogens is 531 g/mol. The molecule has 0 bridgehead atoms. The predicted octanol–water partition coefficient (Wildman–Crippen LogP) is 3.22. The highest BCUT2D eigenvalue weighted by atomic mass is 127. The van der Waals surface area contributed by atoms with Crippen molar-refractivity contribution in [1.82, 2.24) is 0 Å². The topological polar surface area (TPSA) is 108 Å². The molecule has 3 rings (SSSR count). The summed E-state index contributed by atoms with van der Waals surface area (Å²) in [6.45, 7) is 0. The van der Waals surface area contributed by atoms with Crippen molar-refractivity contribution in [2.45, 2.75) is 4.90 Å². The van der Waals surface area contributed by atoms with E-state index in [4.69, 9.17) is 9.15 Å². The van der Waals surface area contributed by atoms with Crippen LogP contribution in [0.25, 0.3) is 17.0 Å². The Morgan fingerprint density at radius 3 is 2.38 bits per heavy atom. The number of hydrogen-bond donors (Lipinski definition) is 0. The summed E-state index contributed by atoms with van der Waals surface area (Å²) in [6, 6.07) is 12.6. The summed E-state index contributed by atoms with van der Waals surface area (Å²) >= 11 is 2.03. The summed E-state index contributed by atoms with van der Waals surface area (Å²) in [5.74, 6) is 0.602. The molecule has 0 aliphatic carbocycles. The largest absolute Gasteiger partial charge is 0.497 e. The van der Waals surface area contributed by atoms with Crippen molar-refractivity contribution in [3.63, 3.8) is 0 Å². The third-order valence-corrected chi connectivity index (χ3v) is 8.64. The Morgan fingerprint density at radius 2 is 1.72 bits per heavy atom. The second-order valence-electron chi connectivity index (χ2n) is 6.05. The second-order valence-corrected chi connectivity index (χ2v) is 11.5. The van der Waals surface area contributed by atoms with E-state index in [0.717, 1.165) is 15.0 Å². The van der Waals surface area contributed by atoms with E-state index in [2.05, 4.69) is 0 Å². The van der Waals surface area contributed by atoms with Crippen LogP contribution in [0.1, 0.15) is 5.56 Å². The maximum atomic E-state index is 12.6. The first-order chi connectivity index (χ1) is 13.6. The van der Waals surface area contributed by atoms with Gasteiger partial charge in [-0.1, -0.05) is 18.2 Å². The molecule has 1 aromatic heterocycles. The van der Waals surface area contributed by atoms with Crippen LogP contribution < -0.4 is 10.4 Å². The number of rotatable bonds is 6. The fourth-order valence-electron chi connectivity index (χ4n) is 2.50. The summed E-state index contributed by atoms with van der Waals surface area (Å²) < 4.78 is 60.7. The zero-order chi connectivity index (χ0) is 21.2. The SMILES string of the molecule is COc1ccc(/C=C\S(=O)(=O)CS(=O)(=O)c2cc3ccc(I)cc3oc2=O)cc1. The third-order valence-electron chi connectivity index (χ3n) is 3.90. The quantitative estimate of drug-likeness (QED) is 0.345. The molecule has 0 atom stereocenters. The van der Waals surface area contributed by atoms with Crippen LogP contribution in [0.3, 0.4) is 0 Å². The lowest BCUT2D eigenvalue weighted by Crippen LogP contribution is -2.21. The number of hydrogen-bond acceptors (Lipinski definition) is 7. The molecule has 0 saturated carbocycles. The zero-order valence-corrected chi connectivity index (χ0v) is 18.8. The standard InChI is InChI=1S/C19H15IO7S2/c1-26-16-6-2-13(3-7-16)8-9-28(22,23)12-29(24,25)18-10-14-4-5-15(20)11-17(14)27-19(18)21/h2-11H,12H2,1H3/b9-8-. The third kappa shape index (κ3) is 5.25. The van der Waals surface area contributed by atoms with E-state index >= 15 is 0 Å². The van der Waals surface area contributed by atoms with Gasteiger partial charge in [0.1, 0.15) is 11.3 Å². The van der Waals surface area contributed by atoms with Crippen molar-refractivity contribution in [3.05, 3.63) is 73.5 Å². The van der Waals surface area contributed by atoms with Gasteiger partial charge in [0, 0.05) is 14.4 Å². The van der Waals surface area contributed by atoms with Crippen LogP contribution in [-0.2, 0) is 19.7 Å². The van der Waals surface area contributed by atoms with Gasteiger partial charge in [0.25, 0.3) is 0 Å². The molecule has 29 heavy (non-hydrogen) atoms. The molecule has 2 aromatic carbocycles. The minimum absolute atomic E-state index is 0.225. The van der Waals surface area contributed by atoms with Gasteiger partial charge >= 0.3 is 5.63 Å². The molecule has 0 amide bonds. The van der Waals surface area contributed by atoms with Gasteiger partial charge in [-0.15, -0.1) is 0 Å². The molecule has 0 saturated heterocycles. The van der Waals surface area contributed by atoms with E-state index in [1.165, 1.54) is 13.2 Å². The molecular formula is C19H15IO7S2. The van der Waals surface area contributed by atoms with Gasteiger partial charge in [-0.05, 0) is 64.6 Å². The fraction of sp³-hybridized carbons (Fsp3) is 0.105. The molecule has 0 spiro atoms. The van der Waals surface area contributed by atoms with Crippen LogP contribution in [0.2, 0.25) is 0 Å². The first kappa shape index (κ1) is 21.5. The molecule has 0 N–H and O–H groups in total. The monoisotopic (exact) mass is 546 g/mol.